The second-order valence-corrected chi connectivity index (χ2v) is 9.67. The van der Waals surface area contributed by atoms with Crippen molar-refractivity contribution in [2.45, 2.75) is 52.2 Å². The lowest BCUT2D eigenvalue weighted by Crippen LogP contribution is -2.33. The molecule has 182 valence electrons. The maximum atomic E-state index is 13.2. The number of rotatable bonds is 7. The molecule has 7 heteroatoms. The SMILES string of the molecule is COc1ccc(/C(O)=C2/C(=O)C(=O)N(CCOC(C)C)C2c2ccc(O)cc2)cc1C(C)(C)C. The summed E-state index contributed by atoms with van der Waals surface area (Å²) in [6, 6.07) is 10.7. The number of phenolic OH excluding ortho intramolecular Hbond substituents is 1. The zero-order valence-electron chi connectivity index (χ0n) is 20.6. The summed E-state index contributed by atoms with van der Waals surface area (Å²) >= 11 is 0. The summed E-state index contributed by atoms with van der Waals surface area (Å²) in [5.41, 5.74) is 1.61. The van der Waals surface area contributed by atoms with Gasteiger partial charge in [0.05, 0.1) is 31.4 Å². The van der Waals surface area contributed by atoms with Gasteiger partial charge < -0.3 is 24.6 Å². The zero-order chi connectivity index (χ0) is 25.2. The van der Waals surface area contributed by atoms with E-state index in [-0.39, 0.29) is 41.8 Å². The number of hydrogen-bond acceptors (Lipinski definition) is 6. The molecule has 1 aliphatic heterocycles. The average molecular weight is 468 g/mol. The number of methoxy groups -OCH3 is 1. The van der Waals surface area contributed by atoms with Crippen LogP contribution in [-0.4, -0.2) is 53.2 Å². The Bertz CT molecular complexity index is 1100. The second kappa shape index (κ2) is 9.89. The minimum atomic E-state index is -0.809. The predicted octanol–water partition coefficient (Wildman–Crippen LogP) is 4.55. The van der Waals surface area contributed by atoms with Gasteiger partial charge in [0.1, 0.15) is 17.3 Å². The van der Waals surface area contributed by atoms with Gasteiger partial charge in [-0.05, 0) is 55.2 Å². The molecule has 34 heavy (non-hydrogen) atoms. The molecule has 0 saturated carbocycles. The van der Waals surface area contributed by atoms with Crippen LogP contribution in [0.15, 0.2) is 48.0 Å². The van der Waals surface area contributed by atoms with Crippen LogP contribution in [0.3, 0.4) is 0 Å². The monoisotopic (exact) mass is 467 g/mol. The Balaban J connectivity index is 2.15. The van der Waals surface area contributed by atoms with E-state index in [0.717, 1.165) is 5.56 Å². The largest absolute Gasteiger partial charge is 0.508 e. The van der Waals surface area contributed by atoms with E-state index < -0.39 is 17.7 Å². The Morgan fingerprint density at radius 1 is 1.09 bits per heavy atom. The smallest absolute Gasteiger partial charge is 0.295 e. The van der Waals surface area contributed by atoms with E-state index in [1.165, 1.54) is 17.0 Å². The number of amides is 1. The van der Waals surface area contributed by atoms with E-state index in [0.29, 0.717) is 16.9 Å². The van der Waals surface area contributed by atoms with E-state index in [1.54, 1.807) is 37.4 Å². The van der Waals surface area contributed by atoms with E-state index in [1.807, 2.05) is 34.6 Å². The molecule has 7 nitrogen and oxygen atoms in total. The highest BCUT2D eigenvalue weighted by atomic mass is 16.5. The molecule has 1 heterocycles. The van der Waals surface area contributed by atoms with Crippen molar-refractivity contribution < 1.29 is 29.3 Å². The van der Waals surface area contributed by atoms with Gasteiger partial charge in [0.25, 0.3) is 11.7 Å². The Hall–Kier alpha value is -3.32. The molecule has 1 aliphatic rings. The number of benzene rings is 2. The first-order valence-electron chi connectivity index (χ1n) is 11.3. The van der Waals surface area contributed by atoms with E-state index in [9.17, 15) is 19.8 Å². The maximum absolute atomic E-state index is 13.2. The lowest BCUT2D eigenvalue weighted by atomic mass is 9.84. The van der Waals surface area contributed by atoms with Gasteiger partial charge in [-0.15, -0.1) is 0 Å². The third kappa shape index (κ3) is 5.09. The standard InChI is InChI=1S/C27H33NO6/c1-16(2)34-14-13-28-23(17-7-10-19(29)11-8-17)22(25(31)26(28)32)24(30)18-9-12-21(33-6)20(15-18)27(3,4)5/h7-12,15-16,23,29-30H,13-14H2,1-6H3/b24-22-. The predicted molar refractivity (Wildman–Crippen MR) is 130 cm³/mol. The first-order valence-corrected chi connectivity index (χ1v) is 11.3. The number of carbonyl (C=O) groups is 2. The van der Waals surface area contributed by atoms with Crippen molar-refractivity contribution in [3.05, 3.63) is 64.7 Å². The van der Waals surface area contributed by atoms with Crippen molar-refractivity contribution in [2.24, 2.45) is 0 Å². The number of Topliss-reactive ketones (excluding diaryl/α,β-unsaturated/α-hetero) is 1. The Labute approximate surface area is 200 Å². The molecule has 1 fully saturated rings. The normalized spacial score (nSPS) is 18.1. The number of hydrogen-bond donors (Lipinski definition) is 2. The number of phenols is 1. The topological polar surface area (TPSA) is 96.3 Å². The number of ketones is 1. The number of likely N-dealkylation sites (tertiary alicyclic amines) is 1. The Morgan fingerprint density at radius 3 is 2.29 bits per heavy atom. The van der Waals surface area contributed by atoms with E-state index in [2.05, 4.69) is 0 Å². The van der Waals surface area contributed by atoms with Crippen LogP contribution in [0.4, 0.5) is 0 Å². The fourth-order valence-electron chi connectivity index (χ4n) is 4.10. The van der Waals surface area contributed by atoms with Gasteiger partial charge in [-0.1, -0.05) is 32.9 Å². The van der Waals surface area contributed by atoms with Crippen LogP contribution < -0.4 is 4.74 Å². The first kappa shape index (κ1) is 25.3. The number of aromatic hydroxyl groups is 1. The molecule has 0 aliphatic carbocycles. The summed E-state index contributed by atoms with van der Waals surface area (Å²) in [5, 5.41) is 21.1. The number of ether oxygens (including phenoxy) is 2. The highest BCUT2D eigenvalue weighted by Crippen LogP contribution is 2.41. The van der Waals surface area contributed by atoms with Gasteiger partial charge in [0.15, 0.2) is 0 Å². The van der Waals surface area contributed by atoms with Gasteiger partial charge in [-0.2, -0.15) is 0 Å². The zero-order valence-corrected chi connectivity index (χ0v) is 20.6. The molecule has 1 amide bonds. The molecule has 1 unspecified atom stereocenters. The van der Waals surface area contributed by atoms with Gasteiger partial charge in [-0.3, -0.25) is 9.59 Å². The summed E-state index contributed by atoms with van der Waals surface area (Å²) < 4.78 is 11.1. The number of aliphatic hydroxyl groups is 1. The van der Waals surface area contributed by atoms with Crippen LogP contribution in [0, 0.1) is 0 Å². The summed E-state index contributed by atoms with van der Waals surface area (Å²) in [6.45, 7) is 10.3. The average Bonchev–Trinajstić information content (AvgIpc) is 3.03. The quantitative estimate of drug-likeness (QED) is 0.352. The van der Waals surface area contributed by atoms with Crippen molar-refractivity contribution in [3.63, 3.8) is 0 Å². The molecule has 2 aromatic carbocycles. The summed E-state index contributed by atoms with van der Waals surface area (Å²) in [7, 11) is 1.58. The maximum Gasteiger partial charge on any atom is 0.295 e. The number of aliphatic hydroxyl groups excluding tert-OH is 1. The van der Waals surface area contributed by atoms with Crippen LogP contribution >= 0.6 is 0 Å². The molecule has 2 aromatic rings. The molecule has 1 atom stereocenters. The van der Waals surface area contributed by atoms with E-state index >= 15 is 0 Å². The van der Waals surface area contributed by atoms with Crippen LogP contribution in [0.1, 0.15) is 57.4 Å². The van der Waals surface area contributed by atoms with Crippen LogP contribution in [0.5, 0.6) is 11.5 Å². The number of nitrogens with zero attached hydrogens (tertiary/aromatic N) is 1. The minimum Gasteiger partial charge on any atom is -0.508 e. The third-order valence-electron chi connectivity index (χ3n) is 5.81. The van der Waals surface area contributed by atoms with Crippen LogP contribution in [-0.2, 0) is 19.7 Å². The van der Waals surface area contributed by atoms with Crippen molar-refractivity contribution in [1.29, 1.82) is 0 Å². The number of carbonyl (C=O) groups excluding carboxylic acids is 2. The van der Waals surface area contributed by atoms with Gasteiger partial charge in [-0.25, -0.2) is 0 Å². The van der Waals surface area contributed by atoms with Crippen molar-refractivity contribution in [3.8, 4) is 11.5 Å². The molecular formula is C27H33NO6. The molecule has 0 aromatic heterocycles. The van der Waals surface area contributed by atoms with Crippen LogP contribution in [0.25, 0.3) is 5.76 Å². The van der Waals surface area contributed by atoms with Crippen molar-refractivity contribution in [2.75, 3.05) is 20.3 Å². The van der Waals surface area contributed by atoms with Gasteiger partial charge >= 0.3 is 0 Å². The van der Waals surface area contributed by atoms with Crippen molar-refractivity contribution >= 4 is 17.4 Å². The Morgan fingerprint density at radius 2 is 1.74 bits per heavy atom. The fourth-order valence-corrected chi connectivity index (χ4v) is 4.10. The molecule has 2 N–H and O–H groups in total. The highest BCUT2D eigenvalue weighted by Gasteiger charge is 2.46. The summed E-state index contributed by atoms with van der Waals surface area (Å²) in [6.07, 6.45) is -0.0286. The summed E-state index contributed by atoms with van der Waals surface area (Å²) in [4.78, 5) is 27.6. The molecular weight excluding hydrogens is 434 g/mol. The lowest BCUT2D eigenvalue weighted by molar-refractivity contribution is -0.140. The molecule has 0 spiro atoms. The van der Waals surface area contributed by atoms with Crippen LogP contribution in [0.2, 0.25) is 0 Å². The molecule has 3 rings (SSSR count). The Kier molecular flexibility index (Phi) is 7.36. The fraction of sp³-hybridized carbons (Fsp3) is 0.407. The van der Waals surface area contributed by atoms with Crippen molar-refractivity contribution in [1.82, 2.24) is 4.90 Å². The molecule has 0 bridgehead atoms. The molecule has 1 saturated heterocycles. The van der Waals surface area contributed by atoms with Gasteiger partial charge in [0.2, 0.25) is 0 Å². The minimum absolute atomic E-state index is 0.00487. The first-order chi connectivity index (χ1) is 16.0. The van der Waals surface area contributed by atoms with Gasteiger partial charge in [0, 0.05) is 17.7 Å². The highest BCUT2D eigenvalue weighted by molar-refractivity contribution is 6.46. The summed E-state index contributed by atoms with van der Waals surface area (Å²) in [5.74, 6) is -0.971. The van der Waals surface area contributed by atoms with E-state index in [4.69, 9.17) is 9.47 Å². The molecule has 0 radical (unpaired) electrons. The lowest BCUT2D eigenvalue weighted by Gasteiger charge is -2.26. The second-order valence-electron chi connectivity index (χ2n) is 9.67. The third-order valence-corrected chi connectivity index (χ3v) is 5.81.